The minimum Gasteiger partial charge on any atom is -0.496 e. The molecular formula is C29H36N2O4. The number of aryl methyl sites for hydroxylation is 2. The van der Waals surface area contributed by atoms with Gasteiger partial charge in [-0.3, -0.25) is 9.59 Å². The van der Waals surface area contributed by atoms with Crippen LogP contribution in [0.4, 0.5) is 0 Å². The Morgan fingerprint density at radius 3 is 2.43 bits per heavy atom. The summed E-state index contributed by atoms with van der Waals surface area (Å²) in [7, 11) is 3.36. The minimum absolute atomic E-state index is 0.0190. The quantitative estimate of drug-likeness (QED) is 0.684. The Bertz CT molecular complexity index is 1090. The van der Waals surface area contributed by atoms with E-state index < -0.39 is 0 Å². The van der Waals surface area contributed by atoms with Gasteiger partial charge in [-0.1, -0.05) is 24.3 Å². The Morgan fingerprint density at radius 1 is 1.00 bits per heavy atom. The third-order valence-electron chi connectivity index (χ3n) is 8.22. The van der Waals surface area contributed by atoms with Crippen LogP contribution in [0.25, 0.3) is 0 Å². The number of ether oxygens (including phenoxy) is 2. The molecule has 3 atom stereocenters. The molecule has 2 aromatic carbocycles. The highest BCUT2D eigenvalue weighted by molar-refractivity contribution is 5.81. The standard InChI is InChI=1S/C29H36N2O4/c1-18-13-19(7-12-26(18)34-2)14-28(32)31-23-10-11-24(31)17-22(16-23)30-29(33)21-9-8-20-5-4-6-27(35-3)25(20)15-21/h4-7,12-13,21-24H,8-11,14-17H2,1-3H3,(H,30,33). The van der Waals surface area contributed by atoms with Crippen molar-refractivity contribution in [2.45, 2.75) is 76.4 Å². The molecule has 2 aromatic rings. The molecule has 6 heteroatoms. The lowest BCUT2D eigenvalue weighted by atomic mass is 9.82. The van der Waals surface area contributed by atoms with Gasteiger partial charge in [0.05, 0.1) is 20.6 Å². The smallest absolute Gasteiger partial charge is 0.227 e. The summed E-state index contributed by atoms with van der Waals surface area (Å²) in [4.78, 5) is 28.6. The molecule has 6 nitrogen and oxygen atoms in total. The lowest BCUT2D eigenvalue weighted by Gasteiger charge is -2.40. The molecule has 35 heavy (non-hydrogen) atoms. The summed E-state index contributed by atoms with van der Waals surface area (Å²) in [5.41, 5.74) is 4.54. The van der Waals surface area contributed by atoms with Gasteiger partial charge in [0.2, 0.25) is 11.8 Å². The van der Waals surface area contributed by atoms with Crippen molar-refractivity contribution in [3.8, 4) is 11.5 Å². The van der Waals surface area contributed by atoms with Crippen LogP contribution in [0.15, 0.2) is 36.4 Å². The van der Waals surface area contributed by atoms with Crippen molar-refractivity contribution in [3.05, 3.63) is 58.7 Å². The maximum Gasteiger partial charge on any atom is 0.227 e. The zero-order chi connectivity index (χ0) is 24.5. The molecule has 2 heterocycles. The van der Waals surface area contributed by atoms with Crippen LogP contribution in [-0.2, 0) is 28.9 Å². The van der Waals surface area contributed by atoms with E-state index in [4.69, 9.17) is 9.47 Å². The second kappa shape index (κ2) is 9.92. The van der Waals surface area contributed by atoms with Gasteiger partial charge in [-0.25, -0.2) is 0 Å². The highest BCUT2D eigenvalue weighted by Crippen LogP contribution is 2.37. The first-order valence-corrected chi connectivity index (χ1v) is 12.9. The number of amides is 2. The van der Waals surface area contributed by atoms with Crippen LogP contribution in [0.2, 0.25) is 0 Å². The van der Waals surface area contributed by atoms with E-state index in [1.54, 1.807) is 14.2 Å². The molecular weight excluding hydrogens is 440 g/mol. The third-order valence-corrected chi connectivity index (χ3v) is 8.22. The van der Waals surface area contributed by atoms with Gasteiger partial charge in [0.25, 0.3) is 0 Å². The average Bonchev–Trinajstić information content (AvgIpc) is 3.13. The van der Waals surface area contributed by atoms with Crippen LogP contribution in [-0.4, -0.2) is 49.1 Å². The van der Waals surface area contributed by atoms with E-state index in [9.17, 15) is 9.59 Å². The summed E-state index contributed by atoms with van der Waals surface area (Å²) < 4.78 is 10.9. The summed E-state index contributed by atoms with van der Waals surface area (Å²) in [5, 5.41) is 3.36. The summed E-state index contributed by atoms with van der Waals surface area (Å²) in [6.07, 6.45) is 6.68. The van der Waals surface area contributed by atoms with E-state index in [1.165, 1.54) is 11.1 Å². The van der Waals surface area contributed by atoms with Gasteiger partial charge in [0.1, 0.15) is 11.5 Å². The Kier molecular flexibility index (Phi) is 6.72. The Labute approximate surface area is 208 Å². The van der Waals surface area contributed by atoms with Crippen LogP contribution in [0.3, 0.4) is 0 Å². The van der Waals surface area contributed by atoms with Crippen molar-refractivity contribution in [1.29, 1.82) is 0 Å². The number of carbonyl (C=O) groups excluding carboxylic acids is 2. The minimum atomic E-state index is -0.0190. The second-order valence-corrected chi connectivity index (χ2v) is 10.4. The average molecular weight is 477 g/mol. The fourth-order valence-electron chi connectivity index (χ4n) is 6.51. The molecule has 0 radical (unpaired) electrons. The molecule has 2 saturated heterocycles. The summed E-state index contributed by atoms with van der Waals surface area (Å²) in [5.74, 6) is 2.06. The summed E-state index contributed by atoms with van der Waals surface area (Å²) >= 11 is 0. The zero-order valence-corrected chi connectivity index (χ0v) is 21.0. The number of rotatable bonds is 6. The number of piperidine rings is 1. The Balaban J connectivity index is 1.19. The SMILES string of the molecule is COc1ccc(CC(=O)N2C3CCC2CC(NC(=O)C2CCc4cccc(OC)c4C2)C3)cc1C. The lowest BCUT2D eigenvalue weighted by molar-refractivity contribution is -0.135. The molecule has 1 N–H and O–H groups in total. The first-order valence-electron chi connectivity index (χ1n) is 12.9. The molecule has 3 unspecified atom stereocenters. The number of nitrogens with zero attached hydrogens (tertiary/aromatic N) is 1. The number of hydrogen-bond donors (Lipinski definition) is 1. The second-order valence-electron chi connectivity index (χ2n) is 10.4. The monoisotopic (exact) mass is 476 g/mol. The fourth-order valence-corrected chi connectivity index (χ4v) is 6.51. The maximum atomic E-state index is 13.2. The van der Waals surface area contributed by atoms with E-state index >= 15 is 0 Å². The lowest BCUT2D eigenvalue weighted by Crippen LogP contribution is -2.53. The molecule has 3 aliphatic rings. The van der Waals surface area contributed by atoms with Crippen molar-refractivity contribution in [2.75, 3.05) is 14.2 Å². The predicted molar refractivity (Wildman–Crippen MR) is 135 cm³/mol. The van der Waals surface area contributed by atoms with Gasteiger partial charge in [0.15, 0.2) is 0 Å². The van der Waals surface area contributed by atoms with Gasteiger partial charge in [-0.15, -0.1) is 0 Å². The van der Waals surface area contributed by atoms with Crippen molar-refractivity contribution >= 4 is 11.8 Å². The number of nitrogens with one attached hydrogen (secondary N) is 1. The first-order chi connectivity index (χ1) is 17.0. The van der Waals surface area contributed by atoms with E-state index in [0.717, 1.165) is 67.6 Å². The number of methoxy groups -OCH3 is 2. The Hall–Kier alpha value is -3.02. The van der Waals surface area contributed by atoms with Crippen molar-refractivity contribution < 1.29 is 19.1 Å². The van der Waals surface area contributed by atoms with Crippen LogP contribution in [0, 0.1) is 12.8 Å². The summed E-state index contributed by atoms with van der Waals surface area (Å²) in [6, 6.07) is 12.7. The number of hydrogen-bond acceptors (Lipinski definition) is 4. The summed E-state index contributed by atoms with van der Waals surface area (Å²) in [6.45, 7) is 2.01. The van der Waals surface area contributed by atoms with Crippen LogP contribution >= 0.6 is 0 Å². The van der Waals surface area contributed by atoms with Crippen molar-refractivity contribution in [1.82, 2.24) is 10.2 Å². The molecule has 0 aromatic heterocycles. The van der Waals surface area contributed by atoms with E-state index in [2.05, 4.69) is 16.3 Å². The highest BCUT2D eigenvalue weighted by atomic mass is 16.5. The van der Waals surface area contributed by atoms with Crippen LogP contribution in [0.5, 0.6) is 11.5 Å². The number of benzene rings is 2. The third kappa shape index (κ3) is 4.75. The van der Waals surface area contributed by atoms with Gasteiger partial charge in [-0.05, 0) is 86.3 Å². The predicted octanol–water partition coefficient (Wildman–Crippen LogP) is 4.00. The first kappa shape index (κ1) is 23.7. The number of fused-ring (bicyclic) bond motifs is 3. The van der Waals surface area contributed by atoms with Crippen molar-refractivity contribution in [3.63, 3.8) is 0 Å². The fraction of sp³-hybridized carbons (Fsp3) is 0.517. The maximum absolute atomic E-state index is 13.2. The van der Waals surface area contributed by atoms with Gasteiger partial charge < -0.3 is 19.7 Å². The topological polar surface area (TPSA) is 67.9 Å². The van der Waals surface area contributed by atoms with Crippen LogP contribution < -0.4 is 14.8 Å². The molecule has 5 rings (SSSR count). The normalized spacial score (nSPS) is 25.1. The van der Waals surface area contributed by atoms with Gasteiger partial charge in [-0.2, -0.15) is 0 Å². The van der Waals surface area contributed by atoms with Crippen molar-refractivity contribution in [2.24, 2.45) is 5.92 Å². The highest BCUT2D eigenvalue weighted by Gasteiger charge is 2.43. The van der Waals surface area contributed by atoms with E-state index in [0.29, 0.717) is 6.42 Å². The molecule has 2 amide bonds. The van der Waals surface area contributed by atoms with Gasteiger partial charge in [0, 0.05) is 24.0 Å². The molecule has 0 saturated carbocycles. The Morgan fingerprint density at radius 2 is 1.74 bits per heavy atom. The molecule has 0 spiro atoms. The molecule has 186 valence electrons. The zero-order valence-electron chi connectivity index (χ0n) is 21.0. The molecule has 2 aliphatic heterocycles. The molecule has 2 fully saturated rings. The largest absolute Gasteiger partial charge is 0.496 e. The molecule has 2 bridgehead atoms. The van der Waals surface area contributed by atoms with E-state index in [-0.39, 0.29) is 35.9 Å². The van der Waals surface area contributed by atoms with Gasteiger partial charge >= 0.3 is 0 Å². The molecule has 1 aliphatic carbocycles. The number of carbonyl (C=O) groups is 2. The van der Waals surface area contributed by atoms with E-state index in [1.807, 2.05) is 37.3 Å². The van der Waals surface area contributed by atoms with Crippen LogP contribution in [0.1, 0.15) is 54.4 Å².